The number of hydrogen-bond donors (Lipinski definition) is 0. The Labute approximate surface area is 91.5 Å². The molecule has 1 nitrogen and oxygen atoms in total. The van der Waals surface area contributed by atoms with Crippen LogP contribution in [0.5, 0.6) is 5.75 Å². The van der Waals surface area contributed by atoms with Crippen LogP contribution in [-0.2, 0) is 0 Å². The van der Waals surface area contributed by atoms with Gasteiger partial charge in [-0.15, -0.1) is 13.2 Å². The van der Waals surface area contributed by atoms with Gasteiger partial charge in [0, 0.05) is 5.56 Å². The molecule has 0 heterocycles. The molecule has 0 aliphatic carbocycles. The molecule has 0 N–H and O–H groups in total. The topological polar surface area (TPSA) is 9.23 Å². The van der Waals surface area contributed by atoms with Crippen molar-refractivity contribution in [2.75, 3.05) is 0 Å². The second kappa shape index (κ2) is 4.65. The van der Waals surface area contributed by atoms with Crippen LogP contribution in [0.1, 0.15) is 5.56 Å². The third-order valence-corrected chi connectivity index (χ3v) is 1.72. The number of rotatable bonds is 2. The predicted molar refractivity (Wildman–Crippen MR) is 51.0 cm³/mol. The van der Waals surface area contributed by atoms with Gasteiger partial charge in [-0.25, -0.2) is 4.39 Å². The Morgan fingerprint density at radius 1 is 1.27 bits per heavy atom. The van der Waals surface area contributed by atoms with Gasteiger partial charge in [0.15, 0.2) is 11.6 Å². The van der Waals surface area contributed by atoms with Crippen LogP contribution in [0.2, 0.25) is 0 Å². The highest BCUT2D eigenvalue weighted by Gasteiger charge is 2.33. The van der Waals surface area contributed by atoms with Crippen LogP contribution in [0.25, 0.3) is 6.08 Å². The summed E-state index contributed by atoms with van der Waals surface area (Å²) in [6.07, 6.45) is -3.65. The largest absolute Gasteiger partial charge is 0.573 e. The van der Waals surface area contributed by atoms with Gasteiger partial charge in [0.05, 0.1) is 0 Å². The molecule has 0 aliphatic rings. The Morgan fingerprint density at radius 2 is 1.93 bits per heavy atom. The average Bonchev–Trinajstić information content (AvgIpc) is 2.10. The van der Waals surface area contributed by atoms with Gasteiger partial charge >= 0.3 is 6.36 Å². The van der Waals surface area contributed by atoms with Gasteiger partial charge in [-0.3, -0.25) is 0 Å². The van der Waals surface area contributed by atoms with E-state index in [-0.39, 0.29) is 5.56 Å². The fraction of sp³-hybridized carbons (Fsp3) is 0.111. The molecule has 0 radical (unpaired) electrons. The van der Waals surface area contributed by atoms with Gasteiger partial charge in [0.1, 0.15) is 0 Å². The van der Waals surface area contributed by atoms with Crippen molar-refractivity contribution < 1.29 is 22.3 Å². The van der Waals surface area contributed by atoms with E-state index in [1.165, 1.54) is 23.2 Å². The molecule has 0 fully saturated rings. The number of hydrogen-bond acceptors (Lipinski definition) is 1. The standard InChI is InChI=1S/C9H5BrF4O/c10-5-4-6-2-1-3-7(11)8(6)15-9(12,13)14/h1-5H/b5-4+. The minimum atomic E-state index is -4.91. The molecule has 0 saturated carbocycles. The SMILES string of the molecule is Fc1cccc(/C=C/Br)c1OC(F)(F)F. The maximum atomic E-state index is 13.0. The molecule has 1 rings (SSSR count). The number of benzene rings is 1. The van der Waals surface area contributed by atoms with Gasteiger partial charge in [-0.05, 0) is 17.1 Å². The Balaban J connectivity index is 3.13. The van der Waals surface area contributed by atoms with Crippen molar-refractivity contribution in [1.82, 2.24) is 0 Å². The first-order chi connectivity index (χ1) is 6.94. The molecule has 0 amide bonds. The summed E-state index contributed by atoms with van der Waals surface area (Å²) in [5, 5.41) is 0. The molecular formula is C9H5BrF4O. The third-order valence-electron chi connectivity index (χ3n) is 1.46. The van der Waals surface area contributed by atoms with Crippen molar-refractivity contribution >= 4 is 22.0 Å². The van der Waals surface area contributed by atoms with E-state index in [0.29, 0.717) is 0 Å². The number of ether oxygens (including phenoxy) is 1. The molecule has 0 aliphatic heterocycles. The van der Waals surface area contributed by atoms with Crippen molar-refractivity contribution in [3.63, 3.8) is 0 Å². The van der Waals surface area contributed by atoms with Gasteiger partial charge in [-0.2, -0.15) is 0 Å². The zero-order chi connectivity index (χ0) is 11.5. The first kappa shape index (κ1) is 12.0. The normalized spacial score (nSPS) is 12.1. The minimum absolute atomic E-state index is 0.00389. The van der Waals surface area contributed by atoms with E-state index in [1.54, 1.807) is 0 Å². The number of halogens is 5. The summed E-state index contributed by atoms with van der Waals surface area (Å²) >= 11 is 2.88. The zero-order valence-corrected chi connectivity index (χ0v) is 8.77. The average molecular weight is 285 g/mol. The van der Waals surface area contributed by atoms with Crippen LogP contribution in [-0.4, -0.2) is 6.36 Å². The second-order valence-corrected chi connectivity index (χ2v) is 3.03. The summed E-state index contributed by atoms with van der Waals surface area (Å²) in [6, 6.07) is 3.50. The van der Waals surface area contributed by atoms with Gasteiger partial charge in [0.2, 0.25) is 0 Å². The van der Waals surface area contributed by atoms with Gasteiger partial charge in [-0.1, -0.05) is 28.1 Å². The second-order valence-electron chi connectivity index (χ2n) is 2.50. The van der Waals surface area contributed by atoms with Crippen molar-refractivity contribution in [2.24, 2.45) is 0 Å². The summed E-state index contributed by atoms with van der Waals surface area (Å²) in [6.45, 7) is 0. The smallest absolute Gasteiger partial charge is 0.402 e. The Morgan fingerprint density at radius 3 is 2.47 bits per heavy atom. The highest BCUT2D eigenvalue weighted by Crippen LogP contribution is 2.30. The lowest BCUT2D eigenvalue weighted by Gasteiger charge is -2.11. The molecule has 1 aromatic carbocycles. The summed E-state index contributed by atoms with van der Waals surface area (Å²) < 4.78 is 52.3. The molecule has 0 aromatic heterocycles. The van der Waals surface area contributed by atoms with E-state index >= 15 is 0 Å². The lowest BCUT2D eigenvalue weighted by molar-refractivity contribution is -0.275. The van der Waals surface area contributed by atoms with Crippen LogP contribution in [0, 0.1) is 5.82 Å². The molecule has 15 heavy (non-hydrogen) atoms. The zero-order valence-electron chi connectivity index (χ0n) is 7.18. The number of para-hydroxylation sites is 1. The lowest BCUT2D eigenvalue weighted by Crippen LogP contribution is -2.18. The van der Waals surface area contributed by atoms with Crippen molar-refractivity contribution in [3.05, 3.63) is 34.6 Å². The van der Waals surface area contributed by atoms with E-state index in [0.717, 1.165) is 6.07 Å². The van der Waals surface area contributed by atoms with E-state index in [1.807, 2.05) is 0 Å². The van der Waals surface area contributed by atoms with Crippen LogP contribution < -0.4 is 4.74 Å². The van der Waals surface area contributed by atoms with Gasteiger partial charge < -0.3 is 4.74 Å². The van der Waals surface area contributed by atoms with Crippen LogP contribution in [0.15, 0.2) is 23.2 Å². The molecular weight excluding hydrogens is 280 g/mol. The Kier molecular flexibility index (Phi) is 3.73. The Hall–Kier alpha value is -1.04. The minimum Gasteiger partial charge on any atom is -0.402 e. The summed E-state index contributed by atoms with van der Waals surface area (Å²) in [5.74, 6) is -1.89. The van der Waals surface area contributed by atoms with Crippen LogP contribution in [0.4, 0.5) is 17.6 Å². The first-order valence-electron chi connectivity index (χ1n) is 3.75. The molecule has 6 heteroatoms. The molecule has 1 aromatic rings. The molecule has 0 saturated heterocycles. The van der Waals surface area contributed by atoms with Crippen molar-refractivity contribution in [2.45, 2.75) is 6.36 Å². The van der Waals surface area contributed by atoms with E-state index < -0.39 is 17.9 Å². The molecule has 0 bridgehead atoms. The van der Waals surface area contributed by atoms with E-state index in [9.17, 15) is 17.6 Å². The molecule has 0 unspecified atom stereocenters. The van der Waals surface area contributed by atoms with Crippen molar-refractivity contribution in [3.8, 4) is 5.75 Å². The van der Waals surface area contributed by atoms with E-state index in [4.69, 9.17) is 0 Å². The third kappa shape index (κ3) is 3.54. The predicted octanol–water partition coefficient (Wildman–Crippen LogP) is 4.09. The maximum absolute atomic E-state index is 13.0. The first-order valence-corrected chi connectivity index (χ1v) is 4.66. The van der Waals surface area contributed by atoms with Crippen molar-refractivity contribution in [1.29, 1.82) is 0 Å². The quantitative estimate of drug-likeness (QED) is 0.744. The molecule has 0 atom stereocenters. The maximum Gasteiger partial charge on any atom is 0.573 e. The molecule has 0 spiro atoms. The lowest BCUT2D eigenvalue weighted by atomic mass is 10.2. The van der Waals surface area contributed by atoms with Gasteiger partial charge in [0.25, 0.3) is 0 Å². The number of alkyl halides is 3. The summed E-state index contributed by atoms with van der Waals surface area (Å²) in [5.41, 5.74) is 0.00389. The van der Waals surface area contributed by atoms with E-state index in [2.05, 4.69) is 20.7 Å². The van der Waals surface area contributed by atoms with Crippen LogP contribution >= 0.6 is 15.9 Å². The highest BCUT2D eigenvalue weighted by atomic mass is 79.9. The fourth-order valence-corrected chi connectivity index (χ4v) is 1.23. The molecule has 82 valence electrons. The van der Waals surface area contributed by atoms with Crippen LogP contribution in [0.3, 0.4) is 0 Å². The summed E-state index contributed by atoms with van der Waals surface area (Å²) in [4.78, 5) is 1.31. The summed E-state index contributed by atoms with van der Waals surface area (Å²) in [7, 11) is 0. The fourth-order valence-electron chi connectivity index (χ4n) is 0.948. The monoisotopic (exact) mass is 284 g/mol. The highest BCUT2D eigenvalue weighted by molar-refractivity contribution is 9.11. The Bertz CT molecular complexity index is 373.